The third-order valence-electron chi connectivity index (χ3n) is 1.96. The first-order valence-electron chi connectivity index (χ1n) is 4.29. The standard InChI is InChI=1S/C11H11IO2S.Y/c1-7(6-13)11(14)9-5-8(12)3-4-10(9)15-2;/h3-6,13H,1-2H3;/b7-6-;. The van der Waals surface area contributed by atoms with Crippen LogP contribution in [0.15, 0.2) is 34.9 Å². The summed E-state index contributed by atoms with van der Waals surface area (Å²) >= 11 is 3.69. The van der Waals surface area contributed by atoms with Gasteiger partial charge in [0.2, 0.25) is 0 Å². The molecule has 0 atom stereocenters. The quantitative estimate of drug-likeness (QED) is 0.265. The first-order chi connectivity index (χ1) is 7.10. The van der Waals surface area contributed by atoms with Gasteiger partial charge in [0.1, 0.15) is 0 Å². The number of halogens is 1. The molecule has 16 heavy (non-hydrogen) atoms. The van der Waals surface area contributed by atoms with Gasteiger partial charge < -0.3 is 5.11 Å². The molecule has 83 valence electrons. The first kappa shape index (κ1) is 16.6. The number of hydrogen-bond acceptors (Lipinski definition) is 3. The Bertz CT molecular complexity index is 418. The molecule has 1 rings (SSSR count). The van der Waals surface area contributed by atoms with Crippen LogP contribution >= 0.6 is 34.4 Å². The van der Waals surface area contributed by atoms with Gasteiger partial charge in [0.15, 0.2) is 5.78 Å². The zero-order valence-electron chi connectivity index (χ0n) is 9.03. The Morgan fingerprint density at radius 3 is 2.62 bits per heavy atom. The molecule has 0 aliphatic carbocycles. The van der Waals surface area contributed by atoms with E-state index in [1.807, 2.05) is 24.5 Å². The molecule has 1 N–H and O–H groups in total. The molecular weight excluding hydrogens is 412 g/mol. The molecule has 0 heterocycles. The maximum atomic E-state index is 11.9. The van der Waals surface area contributed by atoms with E-state index in [1.54, 1.807) is 6.92 Å². The summed E-state index contributed by atoms with van der Waals surface area (Å²) in [6, 6.07) is 5.72. The van der Waals surface area contributed by atoms with Crippen molar-refractivity contribution in [2.45, 2.75) is 11.8 Å². The number of hydrogen-bond donors (Lipinski definition) is 1. The predicted octanol–water partition coefficient (Wildman–Crippen LogP) is 3.66. The van der Waals surface area contributed by atoms with Gasteiger partial charge in [0.25, 0.3) is 0 Å². The number of rotatable bonds is 3. The average Bonchev–Trinajstić information content (AvgIpc) is 2.27. The molecule has 0 aliphatic heterocycles. The van der Waals surface area contributed by atoms with E-state index in [2.05, 4.69) is 22.6 Å². The smallest absolute Gasteiger partial charge is 0.192 e. The Morgan fingerprint density at radius 2 is 2.12 bits per heavy atom. The maximum Gasteiger partial charge on any atom is 0.192 e. The summed E-state index contributed by atoms with van der Waals surface area (Å²) in [6.07, 6.45) is 2.78. The number of benzene rings is 1. The Labute approximate surface area is 138 Å². The fraction of sp³-hybridized carbons (Fsp3) is 0.182. The largest absolute Gasteiger partial charge is 0.515 e. The number of thioether (sulfide) groups is 1. The number of allylic oxidation sites excluding steroid dienone is 1. The van der Waals surface area contributed by atoms with E-state index in [4.69, 9.17) is 5.11 Å². The molecule has 0 spiro atoms. The van der Waals surface area contributed by atoms with Gasteiger partial charge in [-0.3, -0.25) is 4.79 Å². The van der Waals surface area contributed by atoms with Crippen molar-refractivity contribution in [2.75, 3.05) is 6.26 Å². The third-order valence-corrected chi connectivity index (χ3v) is 3.42. The number of ketones is 1. The molecule has 0 amide bonds. The molecule has 5 heteroatoms. The van der Waals surface area contributed by atoms with Crippen molar-refractivity contribution in [3.05, 3.63) is 39.2 Å². The summed E-state index contributed by atoms with van der Waals surface area (Å²) in [5.41, 5.74) is 1.00. The first-order valence-corrected chi connectivity index (χ1v) is 6.59. The van der Waals surface area contributed by atoms with Crippen LogP contribution < -0.4 is 0 Å². The van der Waals surface area contributed by atoms with Crippen LogP contribution in [0.25, 0.3) is 0 Å². The second-order valence-corrected chi connectivity index (χ2v) is 5.08. The predicted molar refractivity (Wildman–Crippen MR) is 71.7 cm³/mol. The summed E-state index contributed by atoms with van der Waals surface area (Å²) in [5, 5.41) is 8.81. The molecule has 1 radical (unpaired) electrons. The van der Waals surface area contributed by atoms with Crippen LogP contribution in [0.4, 0.5) is 0 Å². The van der Waals surface area contributed by atoms with E-state index >= 15 is 0 Å². The average molecular weight is 423 g/mol. The van der Waals surface area contributed by atoms with Crippen molar-refractivity contribution in [3.8, 4) is 0 Å². The maximum absolute atomic E-state index is 11.9. The van der Waals surface area contributed by atoms with Crippen LogP contribution in [0.2, 0.25) is 0 Å². The monoisotopic (exact) mass is 423 g/mol. The van der Waals surface area contributed by atoms with Crippen LogP contribution in [0.3, 0.4) is 0 Å². The summed E-state index contributed by atoms with van der Waals surface area (Å²) in [7, 11) is 0. The van der Waals surface area contributed by atoms with E-state index in [9.17, 15) is 4.79 Å². The molecule has 2 nitrogen and oxygen atoms in total. The molecule has 0 bridgehead atoms. The molecule has 1 aromatic carbocycles. The fourth-order valence-corrected chi connectivity index (χ4v) is 2.20. The van der Waals surface area contributed by atoms with Crippen molar-refractivity contribution >= 4 is 40.1 Å². The van der Waals surface area contributed by atoms with Crippen LogP contribution in [0.5, 0.6) is 0 Å². The van der Waals surface area contributed by atoms with E-state index < -0.39 is 0 Å². The van der Waals surface area contributed by atoms with Crippen LogP contribution in [-0.4, -0.2) is 17.1 Å². The molecular formula is C11H11IO2SY. The van der Waals surface area contributed by atoms with Crippen molar-refractivity contribution < 1.29 is 42.6 Å². The van der Waals surface area contributed by atoms with Crippen molar-refractivity contribution in [2.24, 2.45) is 0 Å². The van der Waals surface area contributed by atoms with Crippen LogP contribution in [0.1, 0.15) is 17.3 Å². The van der Waals surface area contributed by atoms with Gasteiger partial charge in [-0.2, -0.15) is 0 Å². The van der Waals surface area contributed by atoms with Gasteiger partial charge in [-0.25, -0.2) is 0 Å². The molecule has 0 unspecified atom stereocenters. The van der Waals surface area contributed by atoms with Crippen molar-refractivity contribution in [3.63, 3.8) is 0 Å². The Morgan fingerprint density at radius 1 is 1.50 bits per heavy atom. The molecule has 0 saturated carbocycles. The number of aliphatic hydroxyl groups is 1. The summed E-state index contributed by atoms with van der Waals surface area (Å²) < 4.78 is 1.01. The zero-order chi connectivity index (χ0) is 11.4. The minimum absolute atomic E-state index is 0. The fourth-order valence-electron chi connectivity index (χ4n) is 1.13. The third kappa shape index (κ3) is 4.13. The van der Waals surface area contributed by atoms with Crippen LogP contribution in [-0.2, 0) is 32.7 Å². The second-order valence-electron chi connectivity index (χ2n) is 2.99. The van der Waals surface area contributed by atoms with Crippen LogP contribution in [0, 0.1) is 3.57 Å². The summed E-state index contributed by atoms with van der Waals surface area (Å²) in [4.78, 5) is 12.8. The van der Waals surface area contributed by atoms with Gasteiger partial charge in [0.05, 0.1) is 6.26 Å². The van der Waals surface area contributed by atoms with Gasteiger partial charge in [-0.05, 0) is 54.0 Å². The zero-order valence-corrected chi connectivity index (χ0v) is 14.8. The molecule has 0 aliphatic rings. The molecule has 1 aromatic rings. The van der Waals surface area contributed by atoms with Gasteiger partial charge in [-0.1, -0.05) is 0 Å². The second kappa shape index (κ2) is 7.85. The van der Waals surface area contributed by atoms with E-state index in [0.29, 0.717) is 11.1 Å². The SMILES string of the molecule is CSc1ccc(I)cc1C(=O)/C(C)=C\O.[Y]. The number of aliphatic hydroxyl groups excluding tert-OH is 1. The van der Waals surface area contributed by atoms with E-state index in [0.717, 1.165) is 14.7 Å². The van der Waals surface area contributed by atoms with Gasteiger partial charge in [-0.15, -0.1) is 11.8 Å². The Hall–Kier alpha value is 0.614. The molecule has 0 saturated heterocycles. The number of Topliss-reactive ketones (excluding diaryl/α,β-unsaturated/α-hetero) is 1. The van der Waals surface area contributed by atoms with Crippen molar-refractivity contribution in [1.29, 1.82) is 0 Å². The normalized spacial score (nSPS) is 10.8. The minimum Gasteiger partial charge on any atom is -0.515 e. The molecule has 0 fully saturated rings. The molecule has 0 aromatic heterocycles. The summed E-state index contributed by atoms with van der Waals surface area (Å²) in [6.45, 7) is 1.60. The van der Waals surface area contributed by atoms with Gasteiger partial charge in [0, 0.05) is 52.3 Å². The minimum atomic E-state index is -0.125. The Balaban J connectivity index is 0.00000225. The number of carbonyl (C=O) groups excluding carboxylic acids is 1. The van der Waals surface area contributed by atoms with E-state index in [1.165, 1.54) is 11.8 Å². The number of carbonyl (C=O) groups is 1. The van der Waals surface area contributed by atoms with Crippen molar-refractivity contribution in [1.82, 2.24) is 0 Å². The summed E-state index contributed by atoms with van der Waals surface area (Å²) in [5.74, 6) is -0.125. The topological polar surface area (TPSA) is 37.3 Å². The van der Waals surface area contributed by atoms with Gasteiger partial charge >= 0.3 is 0 Å². The Kier molecular flexibility index (Phi) is 8.15. The van der Waals surface area contributed by atoms with E-state index in [-0.39, 0.29) is 38.5 Å².